The predicted octanol–water partition coefficient (Wildman–Crippen LogP) is 3.01. The van der Waals surface area contributed by atoms with Crippen molar-refractivity contribution in [3.05, 3.63) is 16.4 Å². The van der Waals surface area contributed by atoms with E-state index in [1.165, 1.54) is 0 Å². The normalized spacial score (nSPS) is 12.8. The molecule has 1 aromatic rings. The maximum absolute atomic E-state index is 9.08. The summed E-state index contributed by atoms with van der Waals surface area (Å²) < 4.78 is 1.98. The van der Waals surface area contributed by atoms with Crippen LogP contribution in [0.5, 0.6) is 0 Å². The van der Waals surface area contributed by atoms with Gasteiger partial charge in [0.2, 0.25) is 0 Å². The fourth-order valence-electron chi connectivity index (χ4n) is 2.52. The van der Waals surface area contributed by atoms with Gasteiger partial charge in [0.25, 0.3) is 0 Å². The molecule has 1 rings (SSSR count). The first-order valence-corrected chi connectivity index (χ1v) is 8.11. The van der Waals surface area contributed by atoms with E-state index in [-0.39, 0.29) is 6.61 Å². The van der Waals surface area contributed by atoms with Gasteiger partial charge >= 0.3 is 0 Å². The molecule has 0 aromatic carbocycles. The molecule has 1 heterocycles. The van der Waals surface area contributed by atoms with Gasteiger partial charge in [0.1, 0.15) is 0 Å². The highest BCUT2D eigenvalue weighted by atomic mass is 35.5. The van der Waals surface area contributed by atoms with Gasteiger partial charge in [-0.15, -0.1) is 0 Å². The molecule has 0 aliphatic heterocycles. The first kappa shape index (κ1) is 17.5. The van der Waals surface area contributed by atoms with Crippen LogP contribution in [0.1, 0.15) is 51.4 Å². The molecule has 0 bridgehead atoms. The average molecular weight is 302 g/mol. The molecule has 0 saturated carbocycles. The van der Waals surface area contributed by atoms with E-state index >= 15 is 0 Å². The number of aromatic nitrogens is 2. The van der Waals surface area contributed by atoms with Crippen LogP contribution in [0.25, 0.3) is 0 Å². The quantitative estimate of drug-likeness (QED) is 0.698. The topological polar surface area (TPSA) is 50.1 Å². The molecule has 1 aromatic heterocycles. The third-order valence-corrected chi connectivity index (χ3v) is 4.09. The third-order valence-electron chi connectivity index (χ3n) is 3.65. The van der Waals surface area contributed by atoms with Gasteiger partial charge in [-0.3, -0.25) is 4.68 Å². The highest BCUT2D eigenvalue weighted by molar-refractivity contribution is 6.31. The lowest BCUT2D eigenvalue weighted by molar-refractivity contribution is 0.247. The van der Waals surface area contributed by atoms with Gasteiger partial charge in [0, 0.05) is 19.7 Å². The summed E-state index contributed by atoms with van der Waals surface area (Å²) in [5.41, 5.74) is 2.05. The van der Waals surface area contributed by atoms with E-state index < -0.39 is 0 Å². The minimum atomic E-state index is 0.264. The van der Waals surface area contributed by atoms with Crippen LogP contribution < -0.4 is 5.32 Å². The van der Waals surface area contributed by atoms with E-state index in [1.54, 1.807) is 0 Å². The molecule has 5 heteroatoms. The third kappa shape index (κ3) is 4.76. The first-order valence-electron chi connectivity index (χ1n) is 7.73. The number of nitrogens with zero attached hydrogens (tertiary/aromatic N) is 2. The molecule has 116 valence electrons. The molecule has 4 nitrogen and oxygen atoms in total. The molecule has 2 N–H and O–H groups in total. The summed E-state index contributed by atoms with van der Waals surface area (Å²) in [6.45, 7) is 9.10. The van der Waals surface area contributed by atoms with Crippen LogP contribution in [0.4, 0.5) is 0 Å². The number of nitrogens with one attached hydrogen (secondary N) is 1. The molecule has 0 aliphatic rings. The van der Waals surface area contributed by atoms with Crippen molar-refractivity contribution in [3.63, 3.8) is 0 Å². The SMILES string of the molecule is CCCC(CCO)CNCc1c(Cl)c(CC)nn1CC. The summed E-state index contributed by atoms with van der Waals surface area (Å²) in [6, 6.07) is 0. The van der Waals surface area contributed by atoms with Crippen molar-refractivity contribution in [2.75, 3.05) is 13.2 Å². The Balaban J connectivity index is 2.58. The van der Waals surface area contributed by atoms with E-state index in [2.05, 4.69) is 31.2 Å². The van der Waals surface area contributed by atoms with Crippen molar-refractivity contribution < 1.29 is 5.11 Å². The van der Waals surface area contributed by atoms with E-state index in [0.29, 0.717) is 5.92 Å². The Kier molecular flexibility index (Phi) is 8.19. The lowest BCUT2D eigenvalue weighted by Gasteiger charge is -2.16. The molecular weight excluding hydrogens is 274 g/mol. The van der Waals surface area contributed by atoms with Crippen molar-refractivity contribution in [1.82, 2.24) is 15.1 Å². The van der Waals surface area contributed by atoms with Crippen molar-refractivity contribution >= 4 is 11.6 Å². The van der Waals surface area contributed by atoms with Gasteiger partial charge in [0.05, 0.1) is 16.4 Å². The van der Waals surface area contributed by atoms with Gasteiger partial charge in [-0.1, -0.05) is 31.9 Å². The van der Waals surface area contributed by atoms with Gasteiger partial charge in [-0.25, -0.2) is 0 Å². The molecular formula is C15H28ClN3O. The van der Waals surface area contributed by atoms with Gasteiger partial charge in [0.15, 0.2) is 0 Å². The van der Waals surface area contributed by atoms with Crippen LogP contribution in [-0.4, -0.2) is 28.0 Å². The maximum atomic E-state index is 9.08. The number of rotatable bonds is 10. The first-order chi connectivity index (χ1) is 9.67. The fraction of sp³-hybridized carbons (Fsp3) is 0.800. The fourth-order valence-corrected chi connectivity index (χ4v) is 2.86. The van der Waals surface area contributed by atoms with Crippen molar-refractivity contribution in [1.29, 1.82) is 0 Å². The summed E-state index contributed by atoms with van der Waals surface area (Å²) in [4.78, 5) is 0. The summed E-state index contributed by atoms with van der Waals surface area (Å²) in [5.74, 6) is 0.535. The zero-order valence-corrected chi connectivity index (χ0v) is 13.7. The second kappa shape index (κ2) is 9.37. The zero-order chi connectivity index (χ0) is 15.0. The number of hydrogen-bond donors (Lipinski definition) is 2. The average Bonchev–Trinajstić information content (AvgIpc) is 2.75. The number of aliphatic hydroxyl groups is 1. The summed E-state index contributed by atoms with van der Waals surface area (Å²) in [5, 5.41) is 17.9. The zero-order valence-electron chi connectivity index (χ0n) is 13.0. The van der Waals surface area contributed by atoms with E-state index in [4.69, 9.17) is 16.7 Å². The highest BCUT2D eigenvalue weighted by Gasteiger charge is 2.14. The van der Waals surface area contributed by atoms with Gasteiger partial charge in [-0.05, 0) is 38.6 Å². The molecule has 0 aliphatic carbocycles. The largest absolute Gasteiger partial charge is 0.396 e. The summed E-state index contributed by atoms with van der Waals surface area (Å²) >= 11 is 6.38. The molecule has 0 spiro atoms. The lowest BCUT2D eigenvalue weighted by Crippen LogP contribution is -2.24. The van der Waals surface area contributed by atoms with Crippen molar-refractivity contribution in [2.45, 2.75) is 59.5 Å². The number of aliphatic hydroxyl groups excluding tert-OH is 1. The Morgan fingerprint density at radius 3 is 2.60 bits per heavy atom. The molecule has 1 unspecified atom stereocenters. The van der Waals surface area contributed by atoms with Crippen molar-refractivity contribution in [2.24, 2.45) is 5.92 Å². The second-order valence-electron chi connectivity index (χ2n) is 5.17. The highest BCUT2D eigenvalue weighted by Crippen LogP contribution is 2.21. The monoisotopic (exact) mass is 301 g/mol. The van der Waals surface area contributed by atoms with Gasteiger partial charge in [-0.2, -0.15) is 5.10 Å². The number of halogens is 1. The maximum Gasteiger partial charge on any atom is 0.0863 e. The van der Waals surface area contributed by atoms with Crippen LogP contribution in [0.3, 0.4) is 0 Å². The Morgan fingerprint density at radius 1 is 1.30 bits per heavy atom. The van der Waals surface area contributed by atoms with E-state index in [1.807, 2.05) is 4.68 Å². The number of hydrogen-bond acceptors (Lipinski definition) is 3. The minimum absolute atomic E-state index is 0.264. The lowest BCUT2D eigenvalue weighted by atomic mass is 10.0. The smallest absolute Gasteiger partial charge is 0.0863 e. The van der Waals surface area contributed by atoms with Gasteiger partial charge < -0.3 is 10.4 Å². The van der Waals surface area contributed by atoms with Crippen LogP contribution in [-0.2, 0) is 19.5 Å². The summed E-state index contributed by atoms with van der Waals surface area (Å²) in [7, 11) is 0. The van der Waals surface area contributed by atoms with Crippen LogP contribution in [0.2, 0.25) is 5.02 Å². The Labute approximate surface area is 127 Å². The second-order valence-corrected chi connectivity index (χ2v) is 5.55. The summed E-state index contributed by atoms with van der Waals surface area (Å²) in [6.07, 6.45) is 4.03. The molecule has 0 saturated heterocycles. The number of aryl methyl sites for hydroxylation is 2. The van der Waals surface area contributed by atoms with Crippen LogP contribution >= 0.6 is 11.6 Å². The van der Waals surface area contributed by atoms with E-state index in [0.717, 1.165) is 61.7 Å². The predicted molar refractivity (Wildman–Crippen MR) is 84.1 cm³/mol. The molecule has 0 fully saturated rings. The molecule has 0 amide bonds. The Morgan fingerprint density at radius 2 is 2.05 bits per heavy atom. The standard InChI is InChI=1S/C15H28ClN3O/c1-4-7-12(8-9-20)10-17-11-14-15(16)13(5-2)18-19(14)6-3/h12,17,20H,4-11H2,1-3H3. The Bertz CT molecular complexity index is 387. The van der Waals surface area contributed by atoms with Crippen LogP contribution in [0, 0.1) is 5.92 Å². The Hall–Kier alpha value is -0.580. The molecule has 20 heavy (non-hydrogen) atoms. The molecule has 0 radical (unpaired) electrons. The van der Waals surface area contributed by atoms with Crippen LogP contribution in [0.15, 0.2) is 0 Å². The van der Waals surface area contributed by atoms with Crippen molar-refractivity contribution in [3.8, 4) is 0 Å². The minimum Gasteiger partial charge on any atom is -0.396 e. The van der Waals surface area contributed by atoms with E-state index in [9.17, 15) is 0 Å². The molecule has 1 atom stereocenters.